The molecule has 5 rings (SSSR count). The van der Waals surface area contributed by atoms with Gasteiger partial charge in [0.05, 0.1) is 16.9 Å². The van der Waals surface area contributed by atoms with E-state index in [2.05, 4.69) is 15.3 Å². The maximum Gasteiger partial charge on any atom is 0.511 e. The van der Waals surface area contributed by atoms with Crippen molar-refractivity contribution in [2.45, 2.75) is 6.18 Å². The van der Waals surface area contributed by atoms with Crippen molar-refractivity contribution in [3.8, 4) is 22.6 Å². The minimum Gasteiger partial charge on any atom is -0.505 e. The Morgan fingerprint density at radius 3 is 2.31 bits per heavy atom. The van der Waals surface area contributed by atoms with Crippen LogP contribution in [0, 0.1) is 0 Å². The lowest BCUT2D eigenvalue weighted by Gasteiger charge is -2.17. The van der Waals surface area contributed by atoms with Crippen molar-refractivity contribution in [2.75, 3.05) is 10.3 Å². The summed E-state index contributed by atoms with van der Waals surface area (Å²) in [5.41, 5.74) is 3.96. The minimum atomic E-state index is -4.51. The van der Waals surface area contributed by atoms with E-state index in [1.54, 1.807) is 48.5 Å². The first kappa shape index (κ1) is 25.3. The lowest BCUT2D eigenvalue weighted by Crippen LogP contribution is -2.26. The van der Waals surface area contributed by atoms with Gasteiger partial charge in [-0.05, 0) is 54.1 Å². The van der Waals surface area contributed by atoms with Crippen molar-refractivity contribution in [3.63, 3.8) is 0 Å². The van der Waals surface area contributed by atoms with E-state index in [0.29, 0.717) is 22.4 Å². The second-order valence-electron chi connectivity index (χ2n) is 8.37. The Morgan fingerprint density at radius 1 is 0.897 bits per heavy atom. The quantitative estimate of drug-likeness (QED) is 0.115. The number of ether oxygens (including phenoxy) is 1. The molecular weight excluding hydrogens is 515 g/mol. The molecule has 4 aromatic rings. The molecule has 1 amide bonds. The summed E-state index contributed by atoms with van der Waals surface area (Å²) in [6.45, 7) is 0. The van der Waals surface area contributed by atoms with Crippen LogP contribution in [0.5, 0.6) is 11.5 Å². The van der Waals surface area contributed by atoms with Gasteiger partial charge in [0.25, 0.3) is 5.91 Å². The summed E-state index contributed by atoms with van der Waals surface area (Å²) in [5.74, 6) is -0.722. The number of rotatable bonds is 5. The van der Waals surface area contributed by atoms with E-state index >= 15 is 0 Å². The maximum absolute atomic E-state index is 13.4. The Labute approximate surface area is 219 Å². The van der Waals surface area contributed by atoms with Crippen molar-refractivity contribution in [2.24, 2.45) is 5.10 Å². The van der Waals surface area contributed by atoms with Gasteiger partial charge in [0.1, 0.15) is 11.5 Å². The summed E-state index contributed by atoms with van der Waals surface area (Å²) in [6.07, 6.45) is -5.99. The van der Waals surface area contributed by atoms with Gasteiger partial charge in [-0.15, -0.1) is 0 Å². The molecule has 3 N–H and O–H groups in total. The molecule has 4 aromatic carbocycles. The lowest BCUT2D eigenvalue weighted by atomic mass is 10.0. The number of alkyl halides is 3. The van der Waals surface area contributed by atoms with Crippen LogP contribution < -0.4 is 15.1 Å². The van der Waals surface area contributed by atoms with E-state index in [9.17, 15) is 27.9 Å². The summed E-state index contributed by atoms with van der Waals surface area (Å²) in [6, 6.07) is 21.8. The van der Waals surface area contributed by atoms with Crippen molar-refractivity contribution in [3.05, 3.63) is 102 Å². The summed E-state index contributed by atoms with van der Waals surface area (Å²) >= 11 is 0. The number of halogens is 3. The van der Waals surface area contributed by atoms with Gasteiger partial charge >= 0.3 is 12.3 Å². The number of benzene rings is 4. The number of para-hydroxylation sites is 2. The standard InChI is InChI=1S/C28H18F3N3O5/c29-28(30,31)17-11-13-18(14-12-17)34-23-10-2-1-7-21(23)24(26(34)36)33-32-22-9-4-8-20(25(22)35)16-5-3-6-19(15-16)39-27(37)38/h1-15,32,35H,(H,37,38). The van der Waals surface area contributed by atoms with Crippen molar-refractivity contribution < 1.29 is 37.7 Å². The molecule has 0 bridgehead atoms. The molecule has 0 fully saturated rings. The molecule has 0 unspecified atom stereocenters. The molecule has 196 valence electrons. The number of carboxylic acid groups (broad SMARTS) is 1. The van der Waals surface area contributed by atoms with Crippen LogP contribution in [0.3, 0.4) is 0 Å². The monoisotopic (exact) mass is 533 g/mol. The third-order valence-corrected chi connectivity index (χ3v) is 5.93. The summed E-state index contributed by atoms with van der Waals surface area (Å²) in [4.78, 5) is 25.5. The molecule has 11 heteroatoms. The zero-order valence-corrected chi connectivity index (χ0v) is 19.8. The minimum absolute atomic E-state index is 0.00726. The molecule has 8 nitrogen and oxygen atoms in total. The van der Waals surface area contributed by atoms with E-state index in [1.165, 1.54) is 35.2 Å². The van der Waals surface area contributed by atoms with Crippen molar-refractivity contribution >= 4 is 34.8 Å². The Kier molecular flexibility index (Phi) is 6.40. The number of anilines is 3. The Morgan fingerprint density at radius 2 is 1.59 bits per heavy atom. The molecule has 1 heterocycles. The number of amides is 1. The molecule has 0 radical (unpaired) electrons. The largest absolute Gasteiger partial charge is 0.511 e. The zero-order chi connectivity index (χ0) is 27.7. The van der Waals surface area contributed by atoms with Crippen LogP contribution in [0.25, 0.3) is 11.1 Å². The van der Waals surface area contributed by atoms with E-state index < -0.39 is 23.8 Å². The lowest BCUT2D eigenvalue weighted by molar-refractivity contribution is -0.137. The number of hydrogen-bond acceptors (Lipinski definition) is 6. The second-order valence-corrected chi connectivity index (χ2v) is 8.37. The van der Waals surface area contributed by atoms with Gasteiger partial charge in [0, 0.05) is 16.8 Å². The molecule has 0 spiro atoms. The maximum atomic E-state index is 13.4. The van der Waals surface area contributed by atoms with Crippen molar-refractivity contribution in [1.82, 2.24) is 0 Å². The number of fused-ring (bicyclic) bond motifs is 1. The highest BCUT2D eigenvalue weighted by atomic mass is 19.4. The van der Waals surface area contributed by atoms with Gasteiger partial charge in [0.2, 0.25) is 0 Å². The van der Waals surface area contributed by atoms with Gasteiger partial charge in [-0.2, -0.15) is 18.3 Å². The number of hydrazone groups is 1. The van der Waals surface area contributed by atoms with E-state index in [0.717, 1.165) is 12.1 Å². The smallest absolute Gasteiger partial charge is 0.505 e. The normalized spacial score (nSPS) is 13.9. The van der Waals surface area contributed by atoms with Gasteiger partial charge in [-0.3, -0.25) is 15.1 Å². The van der Waals surface area contributed by atoms with Gasteiger partial charge in [-0.25, -0.2) is 4.79 Å². The summed E-state index contributed by atoms with van der Waals surface area (Å²) in [5, 5.41) is 24.0. The Balaban J connectivity index is 1.46. The molecule has 0 aliphatic carbocycles. The van der Waals surface area contributed by atoms with Crippen LogP contribution in [-0.4, -0.2) is 28.0 Å². The zero-order valence-electron chi connectivity index (χ0n) is 19.8. The second kappa shape index (κ2) is 9.86. The van der Waals surface area contributed by atoms with Crippen LogP contribution in [0.15, 0.2) is 96.1 Å². The molecule has 1 aliphatic heterocycles. The number of hydrogen-bond donors (Lipinski definition) is 3. The fraction of sp³-hybridized carbons (Fsp3) is 0.0357. The highest BCUT2D eigenvalue weighted by molar-refractivity contribution is 6.55. The van der Waals surface area contributed by atoms with Gasteiger partial charge in [-0.1, -0.05) is 42.5 Å². The van der Waals surface area contributed by atoms with Crippen LogP contribution in [-0.2, 0) is 11.0 Å². The SMILES string of the molecule is O=C(O)Oc1cccc(-c2cccc(NN=C3C(=O)N(c4ccc(C(F)(F)F)cc4)c4ccccc43)c2O)c1. The number of phenols is 1. The first-order chi connectivity index (χ1) is 18.6. The number of carbonyl (C=O) groups is 2. The molecule has 39 heavy (non-hydrogen) atoms. The highest BCUT2D eigenvalue weighted by Gasteiger charge is 2.36. The van der Waals surface area contributed by atoms with E-state index in [4.69, 9.17) is 5.11 Å². The Hall–Kier alpha value is -5.32. The van der Waals surface area contributed by atoms with Gasteiger partial charge < -0.3 is 14.9 Å². The molecule has 1 aliphatic rings. The third-order valence-electron chi connectivity index (χ3n) is 5.93. The first-order valence-corrected chi connectivity index (χ1v) is 11.4. The van der Waals surface area contributed by atoms with E-state index in [1.807, 2.05) is 0 Å². The average molecular weight is 533 g/mol. The average Bonchev–Trinajstić information content (AvgIpc) is 3.18. The van der Waals surface area contributed by atoms with Crippen LogP contribution in [0.1, 0.15) is 11.1 Å². The first-order valence-electron chi connectivity index (χ1n) is 11.4. The van der Waals surface area contributed by atoms with Crippen molar-refractivity contribution in [1.29, 1.82) is 0 Å². The summed E-state index contributed by atoms with van der Waals surface area (Å²) in [7, 11) is 0. The predicted octanol–water partition coefficient (Wildman–Crippen LogP) is 6.63. The van der Waals surface area contributed by atoms with Gasteiger partial charge in [0.15, 0.2) is 5.71 Å². The molecule has 0 saturated heterocycles. The fourth-order valence-corrected chi connectivity index (χ4v) is 4.17. The van der Waals surface area contributed by atoms with E-state index in [-0.39, 0.29) is 28.6 Å². The third kappa shape index (κ3) is 4.97. The van der Waals surface area contributed by atoms with Crippen LogP contribution in [0.4, 0.5) is 35.0 Å². The molecule has 0 atom stereocenters. The number of carbonyl (C=O) groups excluding carboxylic acids is 1. The number of nitrogens with zero attached hydrogens (tertiary/aromatic N) is 2. The van der Waals surface area contributed by atoms with Crippen LogP contribution >= 0.6 is 0 Å². The number of nitrogens with one attached hydrogen (secondary N) is 1. The van der Waals surface area contributed by atoms with Crippen LogP contribution in [0.2, 0.25) is 0 Å². The molecule has 0 saturated carbocycles. The highest BCUT2D eigenvalue weighted by Crippen LogP contribution is 2.39. The molecular formula is C28H18F3N3O5. The fourth-order valence-electron chi connectivity index (χ4n) is 4.17. The predicted molar refractivity (Wildman–Crippen MR) is 137 cm³/mol. The Bertz CT molecular complexity index is 1620. The summed E-state index contributed by atoms with van der Waals surface area (Å²) < 4.78 is 43.7. The number of phenolic OH excluding ortho intramolecular Hbond substituents is 1. The number of aromatic hydroxyl groups is 1. The topological polar surface area (TPSA) is 111 Å². The molecule has 0 aromatic heterocycles.